The predicted molar refractivity (Wildman–Crippen MR) is 59.3 cm³/mol. The zero-order chi connectivity index (χ0) is 11.7. The summed E-state index contributed by atoms with van der Waals surface area (Å²) in [4.78, 5) is 11.4. The fraction of sp³-hybridized carbons (Fsp3) is 0.364. The number of aliphatic hydroxyl groups excluding tert-OH is 2. The van der Waals surface area contributed by atoms with E-state index in [0.717, 1.165) is 5.56 Å². The lowest BCUT2D eigenvalue weighted by molar-refractivity contribution is 0.0322. The maximum Gasteiger partial charge on any atom is 0.251 e. The highest BCUT2D eigenvalue weighted by Gasteiger charge is 2.26. The Morgan fingerprint density at radius 2 is 2.19 bits per heavy atom. The number of aliphatic hydroxyl groups is 2. The van der Waals surface area contributed by atoms with Gasteiger partial charge in [-0.1, -0.05) is 12.1 Å². The minimum Gasteiger partial charge on any atom is -0.389 e. The van der Waals surface area contributed by atoms with E-state index in [2.05, 4.69) is 5.32 Å². The van der Waals surface area contributed by atoms with Gasteiger partial charge in [-0.3, -0.25) is 4.79 Å². The molecule has 0 fully saturated rings. The smallest absolute Gasteiger partial charge is 0.251 e. The molecule has 0 radical (unpaired) electrons. The molecule has 0 aromatic heterocycles. The van der Waals surface area contributed by atoms with Crippen molar-refractivity contribution in [2.75, 3.05) is 5.88 Å². The minimum atomic E-state index is -1.06. The minimum absolute atomic E-state index is 0.0494. The number of benzene rings is 1. The Labute approximate surface area is 97.9 Å². The van der Waals surface area contributed by atoms with Gasteiger partial charge in [0.2, 0.25) is 0 Å². The molecule has 2 unspecified atom stereocenters. The number of hydrogen-bond acceptors (Lipinski definition) is 3. The van der Waals surface area contributed by atoms with Crippen molar-refractivity contribution < 1.29 is 15.0 Å². The molecule has 1 aromatic carbocycles. The Bertz CT molecular complexity index is 422. The summed E-state index contributed by atoms with van der Waals surface area (Å²) >= 11 is 5.48. The molecule has 0 aliphatic carbocycles. The van der Waals surface area contributed by atoms with Crippen LogP contribution < -0.4 is 5.32 Å². The van der Waals surface area contributed by atoms with Crippen LogP contribution in [0.5, 0.6) is 0 Å². The molecule has 1 aromatic rings. The highest BCUT2D eigenvalue weighted by Crippen LogP contribution is 2.27. The van der Waals surface area contributed by atoms with E-state index in [4.69, 9.17) is 11.6 Å². The molecule has 0 bridgehead atoms. The third kappa shape index (κ3) is 1.80. The van der Waals surface area contributed by atoms with E-state index in [9.17, 15) is 15.0 Å². The summed E-state index contributed by atoms with van der Waals surface area (Å²) in [5.74, 6) is -0.198. The summed E-state index contributed by atoms with van der Waals surface area (Å²) in [5, 5.41) is 22.0. The van der Waals surface area contributed by atoms with Gasteiger partial charge in [0.1, 0.15) is 6.10 Å². The van der Waals surface area contributed by atoms with Crippen LogP contribution in [0.25, 0.3) is 0 Å². The zero-order valence-electron chi connectivity index (χ0n) is 8.48. The Morgan fingerprint density at radius 3 is 2.88 bits per heavy atom. The second kappa shape index (κ2) is 4.41. The number of carbonyl (C=O) groups is 1. The molecule has 0 saturated carbocycles. The summed E-state index contributed by atoms with van der Waals surface area (Å²) in [6, 6.07) is 5.07. The van der Waals surface area contributed by atoms with E-state index in [1.165, 1.54) is 0 Å². The molecule has 1 aliphatic rings. The Balaban J connectivity index is 2.40. The molecule has 2 atom stereocenters. The summed E-state index contributed by atoms with van der Waals surface area (Å²) in [5.41, 5.74) is 1.85. The number of hydrogen-bond donors (Lipinski definition) is 3. The van der Waals surface area contributed by atoms with Gasteiger partial charge in [0, 0.05) is 12.1 Å². The van der Waals surface area contributed by atoms with Crippen LogP contribution in [-0.4, -0.2) is 28.1 Å². The summed E-state index contributed by atoms with van der Waals surface area (Å²) in [6.07, 6.45) is -2.08. The van der Waals surface area contributed by atoms with Crippen molar-refractivity contribution >= 4 is 17.5 Å². The molecule has 1 amide bonds. The van der Waals surface area contributed by atoms with Gasteiger partial charge in [0.25, 0.3) is 5.91 Å². The molecule has 3 N–H and O–H groups in total. The van der Waals surface area contributed by atoms with E-state index in [-0.39, 0.29) is 11.8 Å². The maximum atomic E-state index is 11.4. The first-order valence-corrected chi connectivity index (χ1v) is 5.50. The largest absolute Gasteiger partial charge is 0.389 e. The fourth-order valence-electron chi connectivity index (χ4n) is 1.85. The van der Waals surface area contributed by atoms with Crippen molar-refractivity contribution in [2.45, 2.75) is 18.8 Å². The topological polar surface area (TPSA) is 69.6 Å². The molecule has 0 saturated heterocycles. The first kappa shape index (κ1) is 11.4. The molecule has 4 nitrogen and oxygen atoms in total. The average Bonchev–Trinajstić information content (AvgIpc) is 2.69. The van der Waals surface area contributed by atoms with Crippen molar-refractivity contribution in [1.29, 1.82) is 0 Å². The van der Waals surface area contributed by atoms with E-state index in [1.807, 2.05) is 0 Å². The van der Waals surface area contributed by atoms with Gasteiger partial charge in [-0.15, -0.1) is 11.6 Å². The Hall–Kier alpha value is -1.10. The number of carbonyl (C=O) groups excluding carboxylic acids is 1. The van der Waals surface area contributed by atoms with Crippen LogP contribution in [0.4, 0.5) is 0 Å². The van der Waals surface area contributed by atoms with Gasteiger partial charge in [-0.05, 0) is 17.2 Å². The number of fused-ring (bicyclic) bond motifs is 1. The van der Waals surface area contributed by atoms with Crippen molar-refractivity contribution in [1.82, 2.24) is 5.32 Å². The third-order valence-corrected chi connectivity index (χ3v) is 3.04. The molecule has 5 heteroatoms. The molecule has 2 rings (SSSR count). The molecule has 1 aliphatic heterocycles. The average molecular weight is 242 g/mol. The highest BCUT2D eigenvalue weighted by molar-refractivity contribution is 6.18. The maximum absolute atomic E-state index is 11.4. The Kier molecular flexibility index (Phi) is 3.14. The van der Waals surface area contributed by atoms with Gasteiger partial charge in [-0.25, -0.2) is 0 Å². The lowest BCUT2D eigenvalue weighted by Gasteiger charge is -2.18. The monoisotopic (exact) mass is 241 g/mol. The number of alkyl halides is 1. The summed E-state index contributed by atoms with van der Waals surface area (Å²) in [6.45, 7) is 0.385. The summed E-state index contributed by atoms with van der Waals surface area (Å²) < 4.78 is 0. The van der Waals surface area contributed by atoms with Gasteiger partial charge >= 0.3 is 0 Å². The van der Waals surface area contributed by atoms with Crippen molar-refractivity contribution in [2.24, 2.45) is 0 Å². The zero-order valence-corrected chi connectivity index (χ0v) is 9.24. The number of amides is 1. The number of halogens is 1. The lowest BCUT2D eigenvalue weighted by atomic mass is 9.96. The van der Waals surface area contributed by atoms with Gasteiger partial charge < -0.3 is 15.5 Å². The van der Waals surface area contributed by atoms with E-state index >= 15 is 0 Å². The third-order valence-electron chi connectivity index (χ3n) is 2.72. The van der Waals surface area contributed by atoms with E-state index in [0.29, 0.717) is 17.7 Å². The molecule has 1 heterocycles. The van der Waals surface area contributed by atoms with Crippen LogP contribution in [0.2, 0.25) is 0 Å². The molecule has 86 valence electrons. The van der Waals surface area contributed by atoms with E-state index < -0.39 is 12.2 Å². The molecular weight excluding hydrogens is 230 g/mol. The van der Waals surface area contributed by atoms with Crippen LogP contribution in [0.1, 0.15) is 27.6 Å². The van der Waals surface area contributed by atoms with Gasteiger partial charge in [0.15, 0.2) is 0 Å². The van der Waals surface area contributed by atoms with Crippen LogP contribution in [0.3, 0.4) is 0 Å². The first-order valence-electron chi connectivity index (χ1n) is 4.97. The van der Waals surface area contributed by atoms with Gasteiger partial charge in [0.05, 0.1) is 12.0 Å². The normalized spacial score (nSPS) is 17.8. The van der Waals surface area contributed by atoms with Crippen LogP contribution >= 0.6 is 11.6 Å². The standard InChI is InChI=1S/C11H12ClNO3/c12-4-9(14)10(15)6-2-1-3-7-8(6)5-13-11(7)16/h1-3,9-10,14-15H,4-5H2,(H,13,16). The Morgan fingerprint density at radius 1 is 1.44 bits per heavy atom. The number of rotatable bonds is 3. The first-order chi connectivity index (χ1) is 7.65. The predicted octanol–water partition coefficient (Wildman–Crippen LogP) is 0.563. The lowest BCUT2D eigenvalue weighted by Crippen LogP contribution is -2.21. The number of nitrogens with one attached hydrogen (secondary N) is 1. The fourth-order valence-corrected chi connectivity index (χ4v) is 2.02. The van der Waals surface area contributed by atoms with Crippen molar-refractivity contribution in [3.63, 3.8) is 0 Å². The van der Waals surface area contributed by atoms with Gasteiger partial charge in [-0.2, -0.15) is 0 Å². The molecular formula is C11H12ClNO3. The molecule has 16 heavy (non-hydrogen) atoms. The van der Waals surface area contributed by atoms with Crippen LogP contribution in [0.15, 0.2) is 18.2 Å². The summed E-state index contributed by atoms with van der Waals surface area (Å²) in [7, 11) is 0. The van der Waals surface area contributed by atoms with Crippen LogP contribution in [-0.2, 0) is 6.54 Å². The van der Waals surface area contributed by atoms with Crippen molar-refractivity contribution in [3.8, 4) is 0 Å². The van der Waals surface area contributed by atoms with E-state index in [1.54, 1.807) is 18.2 Å². The second-order valence-electron chi connectivity index (χ2n) is 3.72. The highest BCUT2D eigenvalue weighted by atomic mass is 35.5. The van der Waals surface area contributed by atoms with Crippen LogP contribution in [0, 0.1) is 0 Å². The SMILES string of the molecule is O=C1NCc2c1cccc2C(O)C(O)CCl. The quantitative estimate of drug-likeness (QED) is 0.678. The molecule has 0 spiro atoms. The second-order valence-corrected chi connectivity index (χ2v) is 4.03. The van der Waals surface area contributed by atoms with Crippen molar-refractivity contribution in [3.05, 3.63) is 34.9 Å².